The van der Waals surface area contributed by atoms with E-state index in [0.29, 0.717) is 17.7 Å². The Morgan fingerprint density at radius 2 is 2.05 bits per heavy atom. The Morgan fingerprint density at radius 3 is 2.68 bits per heavy atom. The van der Waals surface area contributed by atoms with Crippen molar-refractivity contribution >= 4 is 17.7 Å². The summed E-state index contributed by atoms with van der Waals surface area (Å²) in [5.74, 6) is 0.208. The highest BCUT2D eigenvalue weighted by Gasteiger charge is 2.21. The summed E-state index contributed by atoms with van der Waals surface area (Å²) in [6, 6.07) is 8.95. The van der Waals surface area contributed by atoms with Crippen LogP contribution in [0.4, 0.5) is 0 Å². The predicted molar refractivity (Wildman–Crippen MR) is 95.2 cm³/mol. The summed E-state index contributed by atoms with van der Waals surface area (Å²) >= 11 is 1.75. The Kier molecular flexibility index (Phi) is 6.77. The number of hydrogen-bond donors (Lipinski definition) is 1. The van der Waals surface area contributed by atoms with Crippen molar-refractivity contribution in [3.8, 4) is 0 Å². The molecule has 1 aromatic rings. The molecule has 0 unspecified atom stereocenters. The number of benzene rings is 1. The second kappa shape index (κ2) is 8.59. The lowest BCUT2D eigenvalue weighted by Gasteiger charge is -2.32. The van der Waals surface area contributed by atoms with Crippen LogP contribution in [-0.2, 0) is 11.3 Å². The first-order valence-corrected chi connectivity index (χ1v) is 9.46. The average Bonchev–Trinajstić information content (AvgIpc) is 2.51. The molecule has 1 N–H and O–H groups in total. The van der Waals surface area contributed by atoms with Crippen molar-refractivity contribution in [2.45, 2.75) is 50.9 Å². The van der Waals surface area contributed by atoms with Crippen LogP contribution in [0.15, 0.2) is 24.3 Å². The molecule has 1 aliphatic heterocycles. The van der Waals surface area contributed by atoms with Crippen molar-refractivity contribution in [3.05, 3.63) is 35.4 Å². The van der Waals surface area contributed by atoms with Crippen LogP contribution in [0.5, 0.6) is 0 Å². The van der Waals surface area contributed by atoms with Gasteiger partial charge in [-0.05, 0) is 37.1 Å². The minimum atomic E-state index is 0.208. The molecule has 0 saturated carbocycles. The SMILES string of the molecule is CS[C@@H](C)CC(=O)NC1CCN(Cc2ccccc2C)CC1. The number of thioether (sulfide) groups is 1. The van der Waals surface area contributed by atoms with Gasteiger partial charge in [0, 0.05) is 37.3 Å². The zero-order valence-corrected chi connectivity index (χ0v) is 14.8. The van der Waals surface area contributed by atoms with E-state index in [1.54, 1.807) is 11.8 Å². The zero-order chi connectivity index (χ0) is 15.9. The van der Waals surface area contributed by atoms with Crippen molar-refractivity contribution in [1.29, 1.82) is 0 Å². The van der Waals surface area contributed by atoms with Crippen molar-refractivity contribution in [2.75, 3.05) is 19.3 Å². The van der Waals surface area contributed by atoms with Gasteiger partial charge in [-0.3, -0.25) is 9.69 Å². The van der Waals surface area contributed by atoms with Crippen LogP contribution in [0.1, 0.15) is 37.3 Å². The van der Waals surface area contributed by atoms with Gasteiger partial charge in [-0.1, -0.05) is 31.2 Å². The van der Waals surface area contributed by atoms with Crippen LogP contribution >= 0.6 is 11.8 Å². The molecule has 0 spiro atoms. The van der Waals surface area contributed by atoms with Crippen LogP contribution in [0.2, 0.25) is 0 Å². The number of likely N-dealkylation sites (tertiary alicyclic amines) is 1. The predicted octanol–water partition coefficient (Wildman–Crippen LogP) is 3.22. The highest BCUT2D eigenvalue weighted by molar-refractivity contribution is 7.99. The van der Waals surface area contributed by atoms with Gasteiger partial charge >= 0.3 is 0 Å². The molecule has 3 nitrogen and oxygen atoms in total. The number of piperidine rings is 1. The van der Waals surface area contributed by atoms with Gasteiger partial charge in [0.1, 0.15) is 0 Å². The molecule has 0 radical (unpaired) electrons. The van der Waals surface area contributed by atoms with Crippen LogP contribution in [0.3, 0.4) is 0 Å². The van der Waals surface area contributed by atoms with Gasteiger partial charge in [-0.15, -0.1) is 0 Å². The first kappa shape index (κ1) is 17.4. The van der Waals surface area contributed by atoms with E-state index in [-0.39, 0.29) is 5.91 Å². The summed E-state index contributed by atoms with van der Waals surface area (Å²) < 4.78 is 0. The normalized spacial score (nSPS) is 18.1. The van der Waals surface area contributed by atoms with E-state index in [2.05, 4.69) is 54.6 Å². The van der Waals surface area contributed by atoms with Crippen LogP contribution in [0, 0.1) is 6.92 Å². The van der Waals surface area contributed by atoms with Crippen molar-refractivity contribution in [3.63, 3.8) is 0 Å². The fraction of sp³-hybridized carbons (Fsp3) is 0.611. The van der Waals surface area contributed by atoms with Gasteiger partial charge in [0.15, 0.2) is 0 Å². The molecule has 1 amide bonds. The monoisotopic (exact) mass is 320 g/mol. The Hall–Kier alpha value is -1.00. The van der Waals surface area contributed by atoms with Gasteiger partial charge in [0.25, 0.3) is 0 Å². The molecule has 4 heteroatoms. The smallest absolute Gasteiger partial charge is 0.221 e. The maximum Gasteiger partial charge on any atom is 0.221 e. The Balaban J connectivity index is 1.74. The van der Waals surface area contributed by atoms with E-state index in [4.69, 9.17) is 0 Å². The number of nitrogens with one attached hydrogen (secondary N) is 1. The van der Waals surface area contributed by atoms with E-state index < -0.39 is 0 Å². The number of aryl methyl sites for hydroxylation is 1. The summed E-state index contributed by atoms with van der Waals surface area (Å²) in [5.41, 5.74) is 2.78. The van der Waals surface area contributed by atoms with Crippen molar-refractivity contribution in [2.24, 2.45) is 0 Å². The van der Waals surface area contributed by atoms with Gasteiger partial charge in [0.05, 0.1) is 0 Å². The summed E-state index contributed by atoms with van der Waals surface area (Å²) in [6.07, 6.45) is 4.81. The second-order valence-electron chi connectivity index (χ2n) is 6.29. The average molecular weight is 321 g/mol. The van der Waals surface area contributed by atoms with E-state index in [0.717, 1.165) is 32.5 Å². The van der Waals surface area contributed by atoms with Gasteiger partial charge < -0.3 is 5.32 Å². The number of carbonyl (C=O) groups is 1. The molecule has 1 aliphatic rings. The fourth-order valence-electron chi connectivity index (χ4n) is 2.89. The molecule has 122 valence electrons. The lowest BCUT2D eigenvalue weighted by molar-refractivity contribution is -0.122. The van der Waals surface area contributed by atoms with E-state index in [1.807, 2.05) is 0 Å². The number of amides is 1. The third kappa shape index (κ3) is 5.33. The first-order valence-electron chi connectivity index (χ1n) is 8.17. The lowest BCUT2D eigenvalue weighted by atomic mass is 10.0. The third-order valence-corrected chi connectivity index (χ3v) is 5.45. The summed E-state index contributed by atoms with van der Waals surface area (Å²) in [7, 11) is 0. The van der Waals surface area contributed by atoms with E-state index >= 15 is 0 Å². The quantitative estimate of drug-likeness (QED) is 0.873. The molecule has 1 fully saturated rings. The minimum Gasteiger partial charge on any atom is -0.353 e. The molecule has 1 heterocycles. The molecule has 22 heavy (non-hydrogen) atoms. The highest BCUT2D eigenvalue weighted by Crippen LogP contribution is 2.17. The fourth-order valence-corrected chi connectivity index (χ4v) is 3.21. The maximum absolute atomic E-state index is 12.0. The Morgan fingerprint density at radius 1 is 1.36 bits per heavy atom. The van der Waals surface area contributed by atoms with E-state index in [9.17, 15) is 4.79 Å². The molecular formula is C18H28N2OS. The van der Waals surface area contributed by atoms with Crippen LogP contribution < -0.4 is 5.32 Å². The molecule has 1 atom stereocenters. The standard InChI is InChI=1S/C18H28N2OS/c1-14-6-4-5-7-16(14)13-20-10-8-17(9-11-20)19-18(21)12-15(2)22-3/h4-7,15,17H,8-13H2,1-3H3,(H,19,21)/t15-/m0/s1. The topological polar surface area (TPSA) is 32.3 Å². The summed E-state index contributed by atoms with van der Waals surface area (Å²) in [6.45, 7) is 7.44. The molecule has 1 aromatic carbocycles. The summed E-state index contributed by atoms with van der Waals surface area (Å²) in [5, 5.41) is 3.60. The lowest BCUT2D eigenvalue weighted by Crippen LogP contribution is -2.44. The second-order valence-corrected chi connectivity index (χ2v) is 7.57. The number of carbonyl (C=O) groups excluding carboxylic acids is 1. The Labute approximate surface area is 138 Å². The zero-order valence-electron chi connectivity index (χ0n) is 14.0. The molecule has 0 aliphatic carbocycles. The molecule has 0 aromatic heterocycles. The van der Waals surface area contributed by atoms with Crippen molar-refractivity contribution < 1.29 is 4.79 Å². The molecular weight excluding hydrogens is 292 g/mol. The molecule has 1 saturated heterocycles. The van der Waals surface area contributed by atoms with Gasteiger partial charge in [-0.2, -0.15) is 11.8 Å². The third-order valence-electron chi connectivity index (χ3n) is 4.48. The van der Waals surface area contributed by atoms with Gasteiger partial charge in [0.2, 0.25) is 5.91 Å². The number of nitrogens with zero attached hydrogens (tertiary/aromatic N) is 1. The highest BCUT2D eigenvalue weighted by atomic mass is 32.2. The molecule has 0 bridgehead atoms. The number of hydrogen-bond acceptors (Lipinski definition) is 3. The minimum absolute atomic E-state index is 0.208. The first-order chi connectivity index (χ1) is 10.6. The Bertz CT molecular complexity index is 484. The largest absolute Gasteiger partial charge is 0.353 e. The van der Waals surface area contributed by atoms with E-state index in [1.165, 1.54) is 11.1 Å². The molecule has 2 rings (SSSR count). The van der Waals surface area contributed by atoms with Crippen LogP contribution in [-0.4, -0.2) is 41.4 Å². The van der Waals surface area contributed by atoms with Crippen LogP contribution in [0.25, 0.3) is 0 Å². The van der Waals surface area contributed by atoms with Gasteiger partial charge in [-0.25, -0.2) is 0 Å². The maximum atomic E-state index is 12.0. The number of rotatable bonds is 6. The van der Waals surface area contributed by atoms with Crippen molar-refractivity contribution in [1.82, 2.24) is 10.2 Å². The summed E-state index contributed by atoms with van der Waals surface area (Å²) in [4.78, 5) is 14.5.